The zero-order chi connectivity index (χ0) is 11.8. The molecule has 0 amide bonds. The molecule has 0 aliphatic rings. The largest absolute Gasteiger partial charge is 0.382 e. The lowest BCUT2D eigenvalue weighted by molar-refractivity contribution is 1.21. The van der Waals surface area contributed by atoms with E-state index in [4.69, 9.17) is 17.3 Å². The predicted molar refractivity (Wildman–Crippen MR) is 70.1 cm³/mol. The smallest absolute Gasteiger partial charge is 0.152 e. The first-order valence-electron chi connectivity index (χ1n) is 4.87. The molecule has 0 spiro atoms. The van der Waals surface area contributed by atoms with E-state index in [-0.39, 0.29) is 0 Å². The van der Waals surface area contributed by atoms with Crippen LogP contribution in [0, 0.1) is 0 Å². The van der Waals surface area contributed by atoms with Crippen LogP contribution in [0.15, 0.2) is 30.6 Å². The Morgan fingerprint density at radius 2 is 2.00 bits per heavy atom. The second-order valence-corrected chi connectivity index (χ2v) is 4.80. The molecule has 84 valence electrons. The van der Waals surface area contributed by atoms with Gasteiger partial charge in [-0.2, -0.15) is 0 Å². The van der Waals surface area contributed by atoms with E-state index >= 15 is 0 Å². The van der Waals surface area contributed by atoms with Gasteiger partial charge >= 0.3 is 0 Å². The minimum atomic E-state index is 0.377. The molecular weight excluding hydrogens is 256 g/mol. The van der Waals surface area contributed by atoms with Gasteiger partial charge in [0.1, 0.15) is 10.7 Å². The summed E-state index contributed by atoms with van der Waals surface area (Å²) in [5, 5.41) is 1.42. The lowest BCUT2D eigenvalue weighted by Gasteiger charge is -1.97. The minimum Gasteiger partial charge on any atom is -0.382 e. The second-order valence-electron chi connectivity index (χ2n) is 3.40. The summed E-state index contributed by atoms with van der Waals surface area (Å²) in [6.07, 6.45) is 3.15. The maximum atomic E-state index is 6.10. The zero-order valence-electron chi connectivity index (χ0n) is 8.59. The third-order valence-electron chi connectivity index (χ3n) is 2.30. The molecule has 0 aliphatic heterocycles. The van der Waals surface area contributed by atoms with Crippen LogP contribution in [-0.2, 0) is 0 Å². The van der Waals surface area contributed by atoms with Crippen LogP contribution in [0.25, 0.3) is 20.9 Å². The summed E-state index contributed by atoms with van der Waals surface area (Å²) in [4.78, 5) is 12.6. The van der Waals surface area contributed by atoms with Crippen molar-refractivity contribution in [2.45, 2.75) is 0 Å². The van der Waals surface area contributed by atoms with Gasteiger partial charge in [0, 0.05) is 12.4 Å². The van der Waals surface area contributed by atoms with Gasteiger partial charge < -0.3 is 5.73 Å². The molecule has 6 heteroatoms. The molecule has 4 nitrogen and oxygen atoms in total. The molecule has 0 saturated carbocycles. The van der Waals surface area contributed by atoms with Gasteiger partial charge in [-0.3, -0.25) is 0 Å². The number of benzene rings is 1. The lowest BCUT2D eigenvalue weighted by atomic mass is 10.3. The van der Waals surface area contributed by atoms with Crippen LogP contribution in [0.1, 0.15) is 0 Å². The van der Waals surface area contributed by atoms with Crippen molar-refractivity contribution in [3.63, 3.8) is 0 Å². The number of nitrogens with two attached hydrogens (primary N) is 1. The van der Waals surface area contributed by atoms with Gasteiger partial charge in [-0.05, 0) is 12.1 Å². The van der Waals surface area contributed by atoms with Gasteiger partial charge in [0.05, 0.1) is 15.2 Å². The number of nitrogen functional groups attached to an aromatic ring is 1. The van der Waals surface area contributed by atoms with E-state index in [0.717, 1.165) is 15.2 Å². The number of fused-ring (bicyclic) bond motifs is 1. The van der Waals surface area contributed by atoms with Crippen LogP contribution >= 0.6 is 22.9 Å². The SMILES string of the molecule is Nc1nccnc1-c1nc2cccc(Cl)c2s1. The highest BCUT2D eigenvalue weighted by molar-refractivity contribution is 7.22. The topological polar surface area (TPSA) is 64.7 Å². The molecule has 0 bridgehead atoms. The van der Waals surface area contributed by atoms with Crippen molar-refractivity contribution >= 4 is 39.0 Å². The first kappa shape index (κ1) is 10.4. The van der Waals surface area contributed by atoms with Crippen molar-refractivity contribution in [2.75, 3.05) is 5.73 Å². The molecule has 0 aliphatic carbocycles. The third-order valence-corrected chi connectivity index (χ3v) is 3.83. The average molecular weight is 263 g/mol. The molecule has 2 heterocycles. The standard InChI is InChI=1S/C11H7ClN4S/c12-6-2-1-3-7-9(6)17-11(16-7)8-10(13)15-5-4-14-8/h1-5H,(H2,13,15). The molecule has 2 N–H and O–H groups in total. The van der Waals surface area contributed by atoms with E-state index < -0.39 is 0 Å². The maximum Gasteiger partial charge on any atom is 0.152 e. The maximum absolute atomic E-state index is 6.10. The summed E-state index contributed by atoms with van der Waals surface area (Å²) in [7, 11) is 0. The summed E-state index contributed by atoms with van der Waals surface area (Å²) in [6, 6.07) is 5.62. The lowest BCUT2D eigenvalue weighted by Crippen LogP contribution is -1.95. The van der Waals surface area contributed by atoms with Crippen molar-refractivity contribution in [2.24, 2.45) is 0 Å². The number of halogens is 1. The van der Waals surface area contributed by atoms with Gasteiger partial charge in [-0.15, -0.1) is 11.3 Å². The van der Waals surface area contributed by atoms with Gasteiger partial charge in [0.15, 0.2) is 5.82 Å². The molecule has 0 unspecified atom stereocenters. The molecule has 0 saturated heterocycles. The number of rotatable bonds is 1. The van der Waals surface area contributed by atoms with Crippen molar-refractivity contribution in [1.29, 1.82) is 0 Å². The highest BCUT2D eigenvalue weighted by Crippen LogP contribution is 2.34. The monoisotopic (exact) mass is 262 g/mol. The summed E-state index contributed by atoms with van der Waals surface area (Å²) in [5.41, 5.74) is 7.22. The Hall–Kier alpha value is -1.72. The predicted octanol–water partition coefficient (Wildman–Crippen LogP) is 2.99. The van der Waals surface area contributed by atoms with E-state index in [9.17, 15) is 0 Å². The first-order valence-corrected chi connectivity index (χ1v) is 6.07. The highest BCUT2D eigenvalue weighted by atomic mass is 35.5. The van der Waals surface area contributed by atoms with Gasteiger partial charge in [0.25, 0.3) is 0 Å². The molecule has 3 aromatic rings. The van der Waals surface area contributed by atoms with Crippen LogP contribution in [-0.4, -0.2) is 15.0 Å². The Bertz CT molecular complexity index is 695. The minimum absolute atomic E-state index is 0.377. The first-order chi connectivity index (χ1) is 8.25. The Morgan fingerprint density at radius 3 is 2.76 bits per heavy atom. The molecule has 0 radical (unpaired) electrons. The zero-order valence-corrected chi connectivity index (χ0v) is 10.2. The number of thiazole rings is 1. The summed E-state index contributed by atoms with van der Waals surface area (Å²) < 4.78 is 0.939. The van der Waals surface area contributed by atoms with Gasteiger partial charge in [-0.1, -0.05) is 17.7 Å². The number of nitrogens with zero attached hydrogens (tertiary/aromatic N) is 3. The molecular formula is C11H7ClN4S. The van der Waals surface area contributed by atoms with E-state index in [0.29, 0.717) is 16.5 Å². The van der Waals surface area contributed by atoms with Crippen molar-refractivity contribution in [3.05, 3.63) is 35.6 Å². The molecule has 17 heavy (non-hydrogen) atoms. The fourth-order valence-corrected chi connectivity index (χ4v) is 2.79. The van der Waals surface area contributed by atoms with E-state index in [1.54, 1.807) is 12.4 Å². The second kappa shape index (κ2) is 3.94. The van der Waals surface area contributed by atoms with E-state index in [2.05, 4.69) is 15.0 Å². The molecule has 2 aromatic heterocycles. The Labute approximate surface area is 106 Å². The van der Waals surface area contributed by atoms with Crippen LogP contribution in [0.4, 0.5) is 5.82 Å². The average Bonchev–Trinajstić information content (AvgIpc) is 2.75. The third kappa shape index (κ3) is 1.73. The quantitative estimate of drug-likeness (QED) is 0.732. The highest BCUT2D eigenvalue weighted by Gasteiger charge is 2.12. The number of hydrogen-bond acceptors (Lipinski definition) is 5. The molecule has 3 rings (SSSR count). The summed E-state index contributed by atoms with van der Waals surface area (Å²) in [6.45, 7) is 0. The number of anilines is 1. The number of hydrogen-bond donors (Lipinski definition) is 1. The normalized spacial score (nSPS) is 10.9. The molecule has 1 aromatic carbocycles. The van der Waals surface area contributed by atoms with Gasteiger partial charge in [0.2, 0.25) is 0 Å². The van der Waals surface area contributed by atoms with Crippen molar-refractivity contribution in [1.82, 2.24) is 15.0 Å². The van der Waals surface area contributed by atoms with Crippen LogP contribution < -0.4 is 5.73 Å². The van der Waals surface area contributed by atoms with Crippen molar-refractivity contribution < 1.29 is 0 Å². The summed E-state index contributed by atoms with van der Waals surface area (Å²) >= 11 is 7.57. The Kier molecular flexibility index (Phi) is 2.42. The Morgan fingerprint density at radius 1 is 1.18 bits per heavy atom. The molecule has 0 fully saturated rings. The van der Waals surface area contributed by atoms with Crippen LogP contribution in [0.2, 0.25) is 5.02 Å². The summed E-state index contributed by atoms with van der Waals surface area (Å²) in [5.74, 6) is 0.377. The van der Waals surface area contributed by atoms with E-state index in [1.807, 2.05) is 18.2 Å². The fourth-order valence-electron chi connectivity index (χ4n) is 1.53. The van der Waals surface area contributed by atoms with Crippen LogP contribution in [0.5, 0.6) is 0 Å². The molecule has 0 atom stereocenters. The Balaban J connectivity index is 2.26. The van der Waals surface area contributed by atoms with E-state index in [1.165, 1.54) is 11.3 Å². The fraction of sp³-hybridized carbons (Fsp3) is 0. The van der Waals surface area contributed by atoms with Gasteiger partial charge in [-0.25, -0.2) is 15.0 Å². The number of aromatic nitrogens is 3. The van der Waals surface area contributed by atoms with Crippen molar-refractivity contribution in [3.8, 4) is 10.7 Å². The van der Waals surface area contributed by atoms with Crippen LogP contribution in [0.3, 0.4) is 0 Å².